The first-order chi connectivity index (χ1) is 11.4. The minimum Gasteiger partial charge on any atom is -0.508 e. The molecule has 7 nitrogen and oxygen atoms in total. The van der Waals surface area contributed by atoms with Gasteiger partial charge in [-0.05, 0) is 48.1 Å². The van der Waals surface area contributed by atoms with E-state index in [2.05, 4.69) is 10.6 Å². The minimum absolute atomic E-state index is 0.0536. The van der Waals surface area contributed by atoms with E-state index in [-0.39, 0.29) is 16.5 Å². The normalized spacial score (nSPS) is 10.3. The highest BCUT2D eigenvalue weighted by atomic mass is 32.1. The number of nitrogens with zero attached hydrogens (tertiary/aromatic N) is 1. The highest BCUT2D eigenvalue weighted by Gasteiger charge is 2.05. The number of benzene rings is 2. The van der Waals surface area contributed by atoms with E-state index in [4.69, 9.17) is 12.2 Å². The molecule has 0 saturated heterocycles. The summed E-state index contributed by atoms with van der Waals surface area (Å²) >= 11 is 5.00. The molecule has 0 saturated carbocycles. The molecular weight excluding hydrogens is 330 g/mol. The molecule has 2 aromatic rings. The Hall–Kier alpha value is -3.26. The molecule has 0 spiro atoms. The van der Waals surface area contributed by atoms with Gasteiger partial charge in [-0.3, -0.25) is 20.2 Å². The molecule has 8 heteroatoms. The first kappa shape index (κ1) is 17.1. The first-order valence-corrected chi connectivity index (χ1v) is 7.18. The Bertz CT molecular complexity index is 803. The number of hydrogen-bond donors (Lipinski definition) is 3. The van der Waals surface area contributed by atoms with Gasteiger partial charge < -0.3 is 10.4 Å². The van der Waals surface area contributed by atoms with Crippen LogP contribution in [0.4, 0.5) is 11.4 Å². The van der Waals surface area contributed by atoms with Gasteiger partial charge in [-0.15, -0.1) is 0 Å². The molecule has 3 N–H and O–H groups in total. The zero-order valence-electron chi connectivity index (χ0n) is 12.3. The van der Waals surface area contributed by atoms with E-state index >= 15 is 0 Å². The molecule has 2 aromatic carbocycles. The molecule has 0 atom stereocenters. The van der Waals surface area contributed by atoms with Crippen molar-refractivity contribution in [1.29, 1.82) is 0 Å². The van der Waals surface area contributed by atoms with Crippen LogP contribution in [-0.2, 0) is 4.79 Å². The predicted molar refractivity (Wildman–Crippen MR) is 94.6 cm³/mol. The van der Waals surface area contributed by atoms with Crippen molar-refractivity contribution in [1.82, 2.24) is 5.32 Å². The molecular formula is C16H13N3O4S. The molecule has 24 heavy (non-hydrogen) atoms. The molecule has 0 aliphatic rings. The number of nitro groups is 1. The topological polar surface area (TPSA) is 104 Å². The number of nitro benzene ring substituents is 1. The fourth-order valence-electron chi connectivity index (χ4n) is 1.77. The summed E-state index contributed by atoms with van der Waals surface area (Å²) in [5.41, 5.74) is 1.08. The highest BCUT2D eigenvalue weighted by molar-refractivity contribution is 7.80. The van der Waals surface area contributed by atoms with Crippen molar-refractivity contribution in [3.8, 4) is 5.75 Å². The summed E-state index contributed by atoms with van der Waals surface area (Å²) in [4.78, 5) is 22.0. The first-order valence-electron chi connectivity index (χ1n) is 6.77. The van der Waals surface area contributed by atoms with Gasteiger partial charge in [0, 0.05) is 23.9 Å². The summed E-state index contributed by atoms with van der Waals surface area (Å²) in [6.07, 6.45) is 2.68. The largest absolute Gasteiger partial charge is 0.508 e. The van der Waals surface area contributed by atoms with Gasteiger partial charge in [0.05, 0.1) is 4.92 Å². The Labute approximate surface area is 142 Å². The summed E-state index contributed by atoms with van der Waals surface area (Å²) in [5.74, 6) is -0.354. The van der Waals surface area contributed by atoms with Gasteiger partial charge in [0.1, 0.15) is 5.75 Å². The van der Waals surface area contributed by atoms with Gasteiger partial charge in [-0.25, -0.2) is 0 Å². The number of thiocarbonyl (C=S) groups is 1. The maximum absolute atomic E-state index is 11.8. The Morgan fingerprint density at radius 3 is 2.58 bits per heavy atom. The number of phenolic OH excluding ortho intramolecular Hbond substituents is 1. The fourth-order valence-corrected chi connectivity index (χ4v) is 1.99. The van der Waals surface area contributed by atoms with Crippen molar-refractivity contribution in [3.05, 3.63) is 70.3 Å². The number of non-ortho nitro benzene ring substituents is 1. The molecule has 0 aliphatic carbocycles. The SMILES string of the molecule is O=C(/C=C/c1cccc([N+](=O)[O-])c1)NC(=S)Nc1ccc(O)cc1. The summed E-state index contributed by atoms with van der Waals surface area (Å²) < 4.78 is 0. The van der Waals surface area contributed by atoms with Crippen LogP contribution >= 0.6 is 12.2 Å². The number of anilines is 1. The number of carbonyl (C=O) groups is 1. The van der Waals surface area contributed by atoms with Crippen LogP contribution in [0.25, 0.3) is 6.08 Å². The van der Waals surface area contributed by atoms with Crippen LogP contribution in [0.15, 0.2) is 54.6 Å². The lowest BCUT2D eigenvalue weighted by molar-refractivity contribution is -0.384. The van der Waals surface area contributed by atoms with Crippen molar-refractivity contribution in [2.45, 2.75) is 0 Å². The second kappa shape index (κ2) is 7.84. The van der Waals surface area contributed by atoms with E-state index < -0.39 is 10.8 Å². The van der Waals surface area contributed by atoms with E-state index in [1.54, 1.807) is 18.2 Å². The number of phenols is 1. The summed E-state index contributed by atoms with van der Waals surface area (Å²) in [5, 5.41) is 25.2. The molecule has 1 amide bonds. The van der Waals surface area contributed by atoms with E-state index in [1.807, 2.05) is 0 Å². The third kappa shape index (κ3) is 5.18. The maximum Gasteiger partial charge on any atom is 0.270 e. The van der Waals surface area contributed by atoms with Crippen LogP contribution in [0.2, 0.25) is 0 Å². The van der Waals surface area contributed by atoms with Crippen LogP contribution < -0.4 is 10.6 Å². The maximum atomic E-state index is 11.8. The summed E-state index contributed by atoms with van der Waals surface area (Å²) in [6, 6.07) is 12.1. The lowest BCUT2D eigenvalue weighted by Gasteiger charge is -2.07. The number of rotatable bonds is 4. The van der Waals surface area contributed by atoms with Crippen molar-refractivity contribution in [2.24, 2.45) is 0 Å². The zero-order chi connectivity index (χ0) is 17.5. The number of nitrogens with one attached hydrogen (secondary N) is 2. The molecule has 0 unspecified atom stereocenters. The standard InChI is InChI=1S/C16H13N3O4S/c20-14-7-5-12(6-8-14)17-16(24)18-15(21)9-4-11-2-1-3-13(10-11)19(22)23/h1-10,20H,(H2,17,18,21,24)/b9-4+. The Kier molecular flexibility index (Phi) is 5.58. The Morgan fingerprint density at radius 1 is 1.21 bits per heavy atom. The zero-order valence-corrected chi connectivity index (χ0v) is 13.1. The molecule has 0 radical (unpaired) electrons. The Balaban J connectivity index is 1.92. The van der Waals surface area contributed by atoms with Crippen LogP contribution in [0, 0.1) is 10.1 Å². The molecule has 0 aromatic heterocycles. The van der Waals surface area contributed by atoms with Crippen molar-refractivity contribution in [2.75, 3.05) is 5.32 Å². The highest BCUT2D eigenvalue weighted by Crippen LogP contribution is 2.14. The molecule has 0 aliphatic heterocycles. The van der Waals surface area contributed by atoms with E-state index in [0.717, 1.165) is 0 Å². The quantitative estimate of drug-likeness (QED) is 0.259. The van der Waals surface area contributed by atoms with Crippen molar-refractivity contribution < 1.29 is 14.8 Å². The monoisotopic (exact) mass is 343 g/mol. The number of carbonyl (C=O) groups excluding carboxylic acids is 1. The third-order valence-electron chi connectivity index (χ3n) is 2.87. The molecule has 0 heterocycles. The molecule has 0 fully saturated rings. The lowest BCUT2D eigenvalue weighted by atomic mass is 10.2. The van der Waals surface area contributed by atoms with Crippen molar-refractivity contribution >= 4 is 40.7 Å². The average molecular weight is 343 g/mol. The van der Waals surface area contributed by atoms with Gasteiger partial charge in [-0.1, -0.05) is 12.1 Å². The molecule has 0 bridgehead atoms. The second-order valence-electron chi connectivity index (χ2n) is 4.68. The lowest BCUT2D eigenvalue weighted by Crippen LogP contribution is -2.32. The number of amides is 1. The van der Waals surface area contributed by atoms with Gasteiger partial charge >= 0.3 is 0 Å². The van der Waals surface area contributed by atoms with E-state index in [0.29, 0.717) is 11.3 Å². The van der Waals surface area contributed by atoms with Crippen LogP contribution in [0.5, 0.6) is 5.75 Å². The predicted octanol–water partition coefficient (Wildman–Crippen LogP) is 2.83. The van der Waals surface area contributed by atoms with Crippen molar-refractivity contribution in [3.63, 3.8) is 0 Å². The summed E-state index contributed by atoms with van der Waals surface area (Å²) in [7, 11) is 0. The smallest absolute Gasteiger partial charge is 0.270 e. The fraction of sp³-hybridized carbons (Fsp3) is 0. The number of hydrogen-bond acceptors (Lipinski definition) is 5. The second-order valence-corrected chi connectivity index (χ2v) is 5.08. The van der Waals surface area contributed by atoms with Crippen LogP contribution in [0.1, 0.15) is 5.56 Å². The van der Waals surface area contributed by atoms with E-state index in [1.165, 1.54) is 42.5 Å². The van der Waals surface area contributed by atoms with Crippen LogP contribution in [-0.4, -0.2) is 21.0 Å². The molecule has 2 rings (SSSR count). The van der Waals surface area contributed by atoms with Gasteiger partial charge in [-0.2, -0.15) is 0 Å². The Morgan fingerprint density at radius 2 is 1.92 bits per heavy atom. The van der Waals surface area contributed by atoms with Gasteiger partial charge in [0.2, 0.25) is 5.91 Å². The average Bonchev–Trinajstić information content (AvgIpc) is 2.55. The molecule has 122 valence electrons. The van der Waals surface area contributed by atoms with Gasteiger partial charge in [0.15, 0.2) is 5.11 Å². The van der Waals surface area contributed by atoms with Gasteiger partial charge in [0.25, 0.3) is 5.69 Å². The van der Waals surface area contributed by atoms with E-state index in [9.17, 15) is 20.0 Å². The minimum atomic E-state index is -0.506. The number of aromatic hydroxyl groups is 1. The summed E-state index contributed by atoms with van der Waals surface area (Å²) in [6.45, 7) is 0. The van der Waals surface area contributed by atoms with Crippen LogP contribution in [0.3, 0.4) is 0 Å². The third-order valence-corrected chi connectivity index (χ3v) is 3.07.